The molecule has 1 fully saturated rings. The predicted octanol–water partition coefficient (Wildman–Crippen LogP) is 4.64. The molecule has 0 aliphatic carbocycles. The zero-order chi connectivity index (χ0) is 19.5. The second kappa shape index (κ2) is 8.51. The van der Waals surface area contributed by atoms with Gasteiger partial charge < -0.3 is 15.0 Å². The third kappa shape index (κ3) is 4.48. The number of thiazole rings is 1. The summed E-state index contributed by atoms with van der Waals surface area (Å²) >= 11 is 3.10. The molecule has 1 aromatic heterocycles. The highest BCUT2D eigenvalue weighted by atomic mass is 32.2. The lowest BCUT2D eigenvalue weighted by Crippen LogP contribution is -2.45. The van der Waals surface area contributed by atoms with E-state index in [0.29, 0.717) is 5.75 Å². The number of hydrogen-bond acceptors (Lipinski definition) is 6. The molecule has 4 rings (SSSR count). The number of carbonyl (C=O) groups excluding carboxylic acids is 1. The number of thioether (sulfide) groups is 1. The quantitative estimate of drug-likeness (QED) is 0.618. The van der Waals surface area contributed by atoms with E-state index in [9.17, 15) is 4.79 Å². The number of fused-ring (bicyclic) bond motifs is 1. The minimum Gasteiger partial charge on any atom is -0.372 e. The van der Waals surface area contributed by atoms with Gasteiger partial charge in [0, 0.05) is 13.1 Å². The maximum Gasteiger partial charge on any atom is 0.234 e. The number of para-hydroxylation sites is 3. The lowest BCUT2D eigenvalue weighted by atomic mass is 10.1. The summed E-state index contributed by atoms with van der Waals surface area (Å²) in [7, 11) is 0. The SMILES string of the molecule is CC1CN(c2ccccc2NC(=O)CSc2nc3ccccc3s2)CC(C)O1. The number of ether oxygens (including phenoxy) is 1. The smallest absolute Gasteiger partial charge is 0.234 e. The molecule has 5 nitrogen and oxygen atoms in total. The maximum absolute atomic E-state index is 12.6. The molecule has 2 heterocycles. The highest BCUT2D eigenvalue weighted by Crippen LogP contribution is 2.31. The van der Waals surface area contributed by atoms with Crippen LogP contribution in [0.3, 0.4) is 0 Å². The standard InChI is InChI=1S/C21H23N3O2S2/c1-14-11-24(12-15(2)26-14)18-9-5-3-7-16(18)22-20(25)13-27-21-23-17-8-4-6-10-19(17)28-21/h3-10,14-15H,11-13H2,1-2H3,(H,22,25). The molecule has 0 bridgehead atoms. The van der Waals surface area contributed by atoms with Gasteiger partial charge in [-0.3, -0.25) is 4.79 Å². The van der Waals surface area contributed by atoms with Gasteiger partial charge in [0.15, 0.2) is 4.34 Å². The number of amides is 1. The lowest BCUT2D eigenvalue weighted by molar-refractivity contribution is -0.113. The Kier molecular flexibility index (Phi) is 5.85. The third-order valence-electron chi connectivity index (χ3n) is 4.54. The normalized spacial score (nSPS) is 19.7. The first-order valence-corrected chi connectivity index (χ1v) is 11.2. The number of nitrogens with one attached hydrogen (secondary N) is 1. The van der Waals surface area contributed by atoms with E-state index in [4.69, 9.17) is 4.74 Å². The van der Waals surface area contributed by atoms with Crippen molar-refractivity contribution in [3.05, 3.63) is 48.5 Å². The summed E-state index contributed by atoms with van der Waals surface area (Å²) in [6.07, 6.45) is 0.337. The average Bonchev–Trinajstić information content (AvgIpc) is 3.09. The van der Waals surface area contributed by atoms with Gasteiger partial charge in [-0.1, -0.05) is 36.0 Å². The van der Waals surface area contributed by atoms with Crippen LogP contribution in [0.25, 0.3) is 10.2 Å². The number of carbonyl (C=O) groups is 1. The minimum absolute atomic E-state index is 0.0222. The molecule has 0 saturated carbocycles. The van der Waals surface area contributed by atoms with Gasteiger partial charge in [0.2, 0.25) is 5.91 Å². The van der Waals surface area contributed by atoms with Crippen molar-refractivity contribution in [3.8, 4) is 0 Å². The Hall–Kier alpha value is -2.09. The topological polar surface area (TPSA) is 54.5 Å². The maximum atomic E-state index is 12.6. The predicted molar refractivity (Wildman–Crippen MR) is 118 cm³/mol. The Morgan fingerprint density at radius 2 is 1.89 bits per heavy atom. The first kappa shape index (κ1) is 19.2. The number of aromatic nitrogens is 1. The molecule has 28 heavy (non-hydrogen) atoms. The Morgan fingerprint density at radius 1 is 1.18 bits per heavy atom. The van der Waals surface area contributed by atoms with Crippen LogP contribution < -0.4 is 10.2 Å². The van der Waals surface area contributed by atoms with E-state index < -0.39 is 0 Å². The Labute approximate surface area is 173 Å². The van der Waals surface area contributed by atoms with Gasteiger partial charge in [-0.25, -0.2) is 4.98 Å². The summed E-state index contributed by atoms with van der Waals surface area (Å²) in [6.45, 7) is 5.80. The average molecular weight is 414 g/mol. The number of nitrogens with zero attached hydrogens (tertiary/aromatic N) is 2. The van der Waals surface area contributed by atoms with Gasteiger partial charge >= 0.3 is 0 Å². The summed E-state index contributed by atoms with van der Waals surface area (Å²) in [6, 6.07) is 16.0. The van der Waals surface area contributed by atoms with Crippen molar-refractivity contribution in [2.75, 3.05) is 29.1 Å². The fourth-order valence-electron chi connectivity index (χ4n) is 3.46. The summed E-state index contributed by atoms with van der Waals surface area (Å²) < 4.78 is 7.90. The Morgan fingerprint density at radius 3 is 2.68 bits per heavy atom. The molecule has 0 radical (unpaired) electrons. The minimum atomic E-state index is -0.0222. The fourth-order valence-corrected chi connectivity index (χ4v) is 5.32. The van der Waals surface area contributed by atoms with Gasteiger partial charge in [0.25, 0.3) is 0 Å². The molecule has 1 aliphatic rings. The fraction of sp³-hybridized carbons (Fsp3) is 0.333. The van der Waals surface area contributed by atoms with Crippen molar-refractivity contribution in [2.45, 2.75) is 30.4 Å². The van der Waals surface area contributed by atoms with Crippen LogP contribution in [-0.2, 0) is 9.53 Å². The lowest BCUT2D eigenvalue weighted by Gasteiger charge is -2.37. The number of rotatable bonds is 5. The molecule has 146 valence electrons. The van der Waals surface area contributed by atoms with E-state index in [1.165, 1.54) is 11.8 Å². The van der Waals surface area contributed by atoms with Gasteiger partial charge in [-0.15, -0.1) is 11.3 Å². The zero-order valence-corrected chi connectivity index (χ0v) is 17.6. The van der Waals surface area contributed by atoms with E-state index in [0.717, 1.165) is 39.0 Å². The number of benzene rings is 2. The summed E-state index contributed by atoms with van der Waals surface area (Å²) in [5.41, 5.74) is 2.87. The highest BCUT2D eigenvalue weighted by Gasteiger charge is 2.24. The van der Waals surface area contributed by atoms with Crippen LogP contribution in [0.5, 0.6) is 0 Å². The van der Waals surface area contributed by atoms with Crippen LogP contribution in [0, 0.1) is 0 Å². The van der Waals surface area contributed by atoms with Crippen molar-refractivity contribution in [2.24, 2.45) is 0 Å². The first-order valence-electron chi connectivity index (χ1n) is 9.36. The molecule has 1 saturated heterocycles. The third-order valence-corrected chi connectivity index (χ3v) is 6.72. The molecule has 1 amide bonds. The van der Waals surface area contributed by atoms with Gasteiger partial charge in [-0.05, 0) is 38.1 Å². The summed E-state index contributed by atoms with van der Waals surface area (Å²) in [5, 5.41) is 3.08. The number of hydrogen-bond donors (Lipinski definition) is 1. The largest absolute Gasteiger partial charge is 0.372 e. The van der Waals surface area contributed by atoms with Gasteiger partial charge in [-0.2, -0.15) is 0 Å². The molecule has 7 heteroatoms. The van der Waals surface area contributed by atoms with Crippen LogP contribution in [-0.4, -0.2) is 41.9 Å². The summed E-state index contributed by atoms with van der Waals surface area (Å²) in [4.78, 5) is 19.4. The molecular formula is C21H23N3O2S2. The van der Waals surface area contributed by atoms with E-state index in [-0.39, 0.29) is 18.1 Å². The van der Waals surface area contributed by atoms with Crippen LogP contribution in [0.4, 0.5) is 11.4 Å². The summed E-state index contributed by atoms with van der Waals surface area (Å²) in [5.74, 6) is 0.315. The molecule has 1 aliphatic heterocycles. The van der Waals surface area contributed by atoms with E-state index in [1.54, 1.807) is 11.3 Å². The number of morpholine rings is 1. The second-order valence-corrected chi connectivity index (χ2v) is 9.22. The van der Waals surface area contributed by atoms with Crippen LogP contribution in [0.1, 0.15) is 13.8 Å². The van der Waals surface area contributed by atoms with Crippen LogP contribution >= 0.6 is 23.1 Å². The van der Waals surface area contributed by atoms with Gasteiger partial charge in [0.1, 0.15) is 0 Å². The van der Waals surface area contributed by atoms with Crippen molar-refractivity contribution in [1.29, 1.82) is 0 Å². The molecule has 3 aromatic rings. The Bertz CT molecular complexity index is 932. The van der Waals surface area contributed by atoms with Gasteiger partial charge in [0.05, 0.1) is 39.6 Å². The molecule has 2 aromatic carbocycles. The van der Waals surface area contributed by atoms with Crippen LogP contribution in [0.2, 0.25) is 0 Å². The molecule has 2 unspecified atom stereocenters. The van der Waals surface area contributed by atoms with E-state index in [1.807, 2.05) is 36.4 Å². The number of anilines is 2. The van der Waals surface area contributed by atoms with E-state index >= 15 is 0 Å². The monoisotopic (exact) mass is 413 g/mol. The molecule has 1 N–H and O–H groups in total. The highest BCUT2D eigenvalue weighted by molar-refractivity contribution is 8.01. The molecule has 2 atom stereocenters. The van der Waals surface area contributed by atoms with E-state index in [2.05, 4.69) is 41.2 Å². The van der Waals surface area contributed by atoms with Crippen molar-refractivity contribution in [1.82, 2.24) is 4.98 Å². The van der Waals surface area contributed by atoms with Crippen molar-refractivity contribution in [3.63, 3.8) is 0 Å². The Balaban J connectivity index is 1.41. The first-order chi connectivity index (χ1) is 13.6. The zero-order valence-electron chi connectivity index (χ0n) is 15.9. The van der Waals surface area contributed by atoms with Crippen molar-refractivity contribution >= 4 is 50.6 Å². The molecule has 0 spiro atoms. The molecular weight excluding hydrogens is 390 g/mol. The second-order valence-electron chi connectivity index (χ2n) is 6.96. The van der Waals surface area contributed by atoms with Crippen molar-refractivity contribution < 1.29 is 9.53 Å². The van der Waals surface area contributed by atoms with Crippen LogP contribution in [0.15, 0.2) is 52.9 Å².